The van der Waals surface area contributed by atoms with Gasteiger partial charge in [-0.15, -0.1) is 24.0 Å². The summed E-state index contributed by atoms with van der Waals surface area (Å²) >= 11 is 0. The standard InChI is InChI=1S/C15H23N3O2.HI/c1-12-4-3-5-14(10-12)20-13(2)11-17-15(16)18-6-8-19-9-7-18;/h3-5,10,13H,6-9,11H2,1-2H3,(H2,16,17);1H. The highest BCUT2D eigenvalue weighted by Crippen LogP contribution is 2.14. The van der Waals surface area contributed by atoms with Crippen molar-refractivity contribution < 1.29 is 9.47 Å². The number of guanidine groups is 1. The largest absolute Gasteiger partial charge is 0.489 e. The van der Waals surface area contributed by atoms with Crippen molar-refractivity contribution in [1.82, 2.24) is 4.90 Å². The van der Waals surface area contributed by atoms with Crippen LogP contribution in [0.15, 0.2) is 29.3 Å². The zero-order valence-electron chi connectivity index (χ0n) is 12.6. The molecule has 1 aliphatic heterocycles. The third-order valence-corrected chi connectivity index (χ3v) is 3.17. The number of nitrogens with zero attached hydrogens (tertiary/aromatic N) is 2. The minimum Gasteiger partial charge on any atom is -0.489 e. The molecule has 1 aliphatic rings. The molecule has 1 aromatic rings. The van der Waals surface area contributed by atoms with E-state index >= 15 is 0 Å². The number of nitrogens with two attached hydrogens (primary N) is 1. The smallest absolute Gasteiger partial charge is 0.191 e. The Labute approximate surface area is 143 Å². The van der Waals surface area contributed by atoms with Gasteiger partial charge in [-0.1, -0.05) is 12.1 Å². The van der Waals surface area contributed by atoms with Gasteiger partial charge in [0.15, 0.2) is 5.96 Å². The summed E-state index contributed by atoms with van der Waals surface area (Å²) in [5, 5.41) is 0. The first-order chi connectivity index (χ1) is 9.65. The fourth-order valence-corrected chi connectivity index (χ4v) is 2.07. The van der Waals surface area contributed by atoms with Crippen molar-refractivity contribution in [3.8, 4) is 5.75 Å². The fraction of sp³-hybridized carbons (Fsp3) is 0.533. The SMILES string of the molecule is Cc1cccc(OC(C)CN=C(N)N2CCOCC2)c1.I. The van der Waals surface area contributed by atoms with Gasteiger partial charge in [-0.2, -0.15) is 0 Å². The maximum Gasteiger partial charge on any atom is 0.191 e. The molecule has 0 aliphatic carbocycles. The maximum absolute atomic E-state index is 5.98. The second kappa shape index (κ2) is 9.09. The normalized spacial score (nSPS) is 17.0. The first kappa shape index (κ1) is 18.0. The van der Waals surface area contributed by atoms with Crippen molar-refractivity contribution in [3.63, 3.8) is 0 Å². The molecule has 0 amide bonds. The Hall–Kier alpha value is -1.02. The highest BCUT2D eigenvalue weighted by atomic mass is 127. The zero-order valence-corrected chi connectivity index (χ0v) is 14.9. The molecule has 1 aromatic carbocycles. The lowest BCUT2D eigenvalue weighted by Crippen LogP contribution is -2.45. The third kappa shape index (κ3) is 6.09. The van der Waals surface area contributed by atoms with E-state index in [1.54, 1.807) is 0 Å². The van der Waals surface area contributed by atoms with E-state index in [1.165, 1.54) is 5.56 Å². The van der Waals surface area contributed by atoms with Crippen molar-refractivity contribution in [3.05, 3.63) is 29.8 Å². The summed E-state index contributed by atoms with van der Waals surface area (Å²) < 4.78 is 11.1. The molecule has 6 heteroatoms. The number of hydrogen-bond donors (Lipinski definition) is 1. The summed E-state index contributed by atoms with van der Waals surface area (Å²) in [6, 6.07) is 8.01. The minimum absolute atomic E-state index is 0. The van der Waals surface area contributed by atoms with E-state index in [0.29, 0.717) is 25.7 Å². The Morgan fingerprint density at radius 3 is 2.81 bits per heavy atom. The number of rotatable bonds is 4. The molecule has 1 atom stereocenters. The second-order valence-electron chi connectivity index (χ2n) is 5.04. The van der Waals surface area contributed by atoms with Crippen LogP contribution in [0.2, 0.25) is 0 Å². The summed E-state index contributed by atoms with van der Waals surface area (Å²) in [5.41, 5.74) is 7.17. The lowest BCUT2D eigenvalue weighted by molar-refractivity contribution is 0.0673. The lowest BCUT2D eigenvalue weighted by atomic mass is 10.2. The fourth-order valence-electron chi connectivity index (χ4n) is 2.07. The Bertz CT molecular complexity index is 462. The van der Waals surface area contributed by atoms with Gasteiger partial charge in [-0.05, 0) is 31.5 Å². The van der Waals surface area contributed by atoms with Crippen LogP contribution in [-0.2, 0) is 4.74 Å². The number of hydrogen-bond acceptors (Lipinski definition) is 3. The molecule has 1 fully saturated rings. The minimum atomic E-state index is -0.00334. The number of aliphatic imine (C=N–C) groups is 1. The molecule has 2 rings (SSSR count). The molecular weight excluding hydrogens is 381 g/mol. The van der Waals surface area contributed by atoms with E-state index in [4.69, 9.17) is 15.2 Å². The van der Waals surface area contributed by atoms with E-state index < -0.39 is 0 Å². The lowest BCUT2D eigenvalue weighted by Gasteiger charge is -2.27. The van der Waals surface area contributed by atoms with Crippen LogP contribution in [0, 0.1) is 6.92 Å². The summed E-state index contributed by atoms with van der Waals surface area (Å²) in [6.07, 6.45) is -0.00334. The molecule has 1 saturated heterocycles. The van der Waals surface area contributed by atoms with E-state index in [2.05, 4.69) is 4.99 Å². The van der Waals surface area contributed by atoms with Crippen LogP contribution in [-0.4, -0.2) is 49.8 Å². The first-order valence-electron chi connectivity index (χ1n) is 7.01. The highest BCUT2D eigenvalue weighted by molar-refractivity contribution is 14.0. The average molecular weight is 405 g/mol. The van der Waals surface area contributed by atoms with Gasteiger partial charge >= 0.3 is 0 Å². The predicted octanol–water partition coefficient (Wildman–Crippen LogP) is 2.03. The summed E-state index contributed by atoms with van der Waals surface area (Å²) in [7, 11) is 0. The Kier molecular flexibility index (Phi) is 7.81. The summed E-state index contributed by atoms with van der Waals surface area (Å²) in [5.74, 6) is 1.45. The van der Waals surface area contributed by atoms with Gasteiger partial charge < -0.3 is 20.1 Å². The van der Waals surface area contributed by atoms with Crippen molar-refractivity contribution in [2.75, 3.05) is 32.8 Å². The molecule has 21 heavy (non-hydrogen) atoms. The highest BCUT2D eigenvalue weighted by Gasteiger charge is 2.12. The number of halogens is 1. The van der Waals surface area contributed by atoms with Gasteiger partial charge in [0.1, 0.15) is 11.9 Å². The molecular formula is C15H24IN3O2. The van der Waals surface area contributed by atoms with Gasteiger partial charge in [-0.3, -0.25) is 0 Å². The van der Waals surface area contributed by atoms with Crippen molar-refractivity contribution in [1.29, 1.82) is 0 Å². The molecule has 1 unspecified atom stereocenters. The zero-order chi connectivity index (χ0) is 14.4. The number of benzene rings is 1. The number of morpholine rings is 1. The first-order valence-corrected chi connectivity index (χ1v) is 7.01. The van der Waals surface area contributed by atoms with Crippen LogP contribution < -0.4 is 10.5 Å². The topological polar surface area (TPSA) is 60.1 Å². The Balaban J connectivity index is 0.00000220. The van der Waals surface area contributed by atoms with Gasteiger partial charge in [0.25, 0.3) is 0 Å². The van der Waals surface area contributed by atoms with Gasteiger partial charge in [0, 0.05) is 13.1 Å². The molecule has 5 nitrogen and oxygen atoms in total. The second-order valence-corrected chi connectivity index (χ2v) is 5.04. The molecule has 0 saturated carbocycles. The van der Waals surface area contributed by atoms with Crippen LogP contribution >= 0.6 is 24.0 Å². The van der Waals surface area contributed by atoms with Crippen molar-refractivity contribution >= 4 is 29.9 Å². The van der Waals surface area contributed by atoms with Crippen molar-refractivity contribution in [2.45, 2.75) is 20.0 Å². The van der Waals surface area contributed by atoms with Crippen LogP contribution in [0.3, 0.4) is 0 Å². The molecule has 0 bridgehead atoms. The van der Waals surface area contributed by atoms with Crippen LogP contribution in [0.4, 0.5) is 0 Å². The monoisotopic (exact) mass is 405 g/mol. The van der Waals surface area contributed by atoms with E-state index in [1.807, 2.05) is 43.0 Å². The van der Waals surface area contributed by atoms with Crippen LogP contribution in [0.25, 0.3) is 0 Å². The van der Waals surface area contributed by atoms with Crippen molar-refractivity contribution in [2.24, 2.45) is 10.7 Å². The maximum atomic E-state index is 5.98. The number of aryl methyl sites for hydroxylation is 1. The van der Waals surface area contributed by atoms with Gasteiger partial charge in [0.05, 0.1) is 19.8 Å². The molecule has 0 radical (unpaired) electrons. The molecule has 0 spiro atoms. The van der Waals surface area contributed by atoms with Gasteiger partial charge in [0.2, 0.25) is 0 Å². The van der Waals surface area contributed by atoms with E-state index in [0.717, 1.165) is 18.8 Å². The Morgan fingerprint density at radius 1 is 1.43 bits per heavy atom. The average Bonchev–Trinajstić information content (AvgIpc) is 2.46. The molecule has 2 N–H and O–H groups in total. The summed E-state index contributed by atoms with van der Waals surface area (Å²) in [6.45, 7) is 7.64. The Morgan fingerprint density at radius 2 is 2.14 bits per heavy atom. The van der Waals surface area contributed by atoms with Crippen LogP contribution in [0.1, 0.15) is 12.5 Å². The van der Waals surface area contributed by atoms with E-state index in [9.17, 15) is 0 Å². The van der Waals surface area contributed by atoms with Gasteiger partial charge in [-0.25, -0.2) is 4.99 Å². The third-order valence-electron chi connectivity index (χ3n) is 3.17. The van der Waals surface area contributed by atoms with Crippen LogP contribution in [0.5, 0.6) is 5.75 Å². The summed E-state index contributed by atoms with van der Waals surface area (Å²) in [4.78, 5) is 6.45. The quantitative estimate of drug-likeness (QED) is 0.473. The molecule has 0 aromatic heterocycles. The van der Waals surface area contributed by atoms with E-state index in [-0.39, 0.29) is 30.1 Å². The molecule has 118 valence electrons. The predicted molar refractivity (Wildman–Crippen MR) is 95.6 cm³/mol. The number of ether oxygens (including phenoxy) is 2. The molecule has 1 heterocycles.